The lowest BCUT2D eigenvalue weighted by atomic mass is 10.1. The first-order valence-corrected chi connectivity index (χ1v) is 11.9. The molecule has 5 nitrogen and oxygen atoms in total. The summed E-state index contributed by atoms with van der Waals surface area (Å²) < 4.78 is 44.9. The van der Waals surface area contributed by atoms with E-state index in [4.69, 9.17) is 4.74 Å². The van der Waals surface area contributed by atoms with Crippen LogP contribution in [-0.2, 0) is 30.5 Å². The first-order chi connectivity index (χ1) is 16.3. The highest BCUT2D eigenvalue weighted by molar-refractivity contribution is 7.09. The summed E-state index contributed by atoms with van der Waals surface area (Å²) in [6, 6.07) is 13.5. The largest absolute Gasteiger partial charge is 0.416 e. The van der Waals surface area contributed by atoms with Crippen LogP contribution in [0.25, 0.3) is 0 Å². The summed E-state index contributed by atoms with van der Waals surface area (Å²) in [4.78, 5) is 21.1. The van der Waals surface area contributed by atoms with E-state index in [1.54, 1.807) is 16.3 Å². The lowest BCUT2D eigenvalue weighted by molar-refractivity contribution is -0.137. The average Bonchev–Trinajstić information content (AvgIpc) is 3.28. The van der Waals surface area contributed by atoms with Crippen LogP contribution in [0.4, 0.5) is 13.2 Å². The first kappa shape index (κ1) is 24.4. The molecule has 2 heterocycles. The predicted molar refractivity (Wildman–Crippen MR) is 124 cm³/mol. The Morgan fingerprint density at radius 3 is 2.47 bits per heavy atom. The number of alkyl halides is 3. The summed E-state index contributed by atoms with van der Waals surface area (Å²) in [5.41, 5.74) is 2.51. The number of morpholine rings is 1. The summed E-state index contributed by atoms with van der Waals surface area (Å²) in [7, 11) is 0. The fraction of sp³-hybridized carbons (Fsp3) is 0.360. The summed E-state index contributed by atoms with van der Waals surface area (Å²) in [6.07, 6.45) is -4.39. The van der Waals surface area contributed by atoms with E-state index < -0.39 is 11.7 Å². The van der Waals surface area contributed by atoms with Crippen molar-refractivity contribution < 1.29 is 22.7 Å². The van der Waals surface area contributed by atoms with Gasteiger partial charge < -0.3 is 9.64 Å². The van der Waals surface area contributed by atoms with Crippen molar-refractivity contribution in [3.8, 4) is 0 Å². The van der Waals surface area contributed by atoms with Gasteiger partial charge >= 0.3 is 6.18 Å². The van der Waals surface area contributed by atoms with E-state index in [-0.39, 0.29) is 5.91 Å². The van der Waals surface area contributed by atoms with Gasteiger partial charge in [-0.15, -0.1) is 11.3 Å². The lowest BCUT2D eigenvalue weighted by Crippen LogP contribution is -2.40. The molecule has 4 rings (SSSR count). The van der Waals surface area contributed by atoms with Gasteiger partial charge in [-0.05, 0) is 24.1 Å². The van der Waals surface area contributed by atoms with Gasteiger partial charge in [-0.2, -0.15) is 13.2 Å². The summed E-state index contributed by atoms with van der Waals surface area (Å²) >= 11 is 1.39. The van der Waals surface area contributed by atoms with Crippen LogP contribution in [-0.4, -0.2) is 47.0 Å². The van der Waals surface area contributed by atoms with Gasteiger partial charge in [0.15, 0.2) is 0 Å². The van der Waals surface area contributed by atoms with Crippen molar-refractivity contribution in [2.45, 2.75) is 32.7 Å². The number of amides is 1. The molecular formula is C25H26F3N3O2S. The fourth-order valence-electron chi connectivity index (χ4n) is 3.83. The summed E-state index contributed by atoms with van der Waals surface area (Å²) in [6.45, 7) is 5.42. The minimum Gasteiger partial charge on any atom is -0.378 e. The number of aryl methyl sites for hydroxylation is 1. The van der Waals surface area contributed by atoms with Crippen molar-refractivity contribution in [1.29, 1.82) is 0 Å². The molecule has 0 saturated carbocycles. The van der Waals surface area contributed by atoms with Gasteiger partial charge in [0.2, 0.25) is 0 Å². The highest BCUT2D eigenvalue weighted by Crippen LogP contribution is 2.30. The van der Waals surface area contributed by atoms with Gasteiger partial charge in [0.05, 0.1) is 25.3 Å². The molecule has 9 heteroatoms. The molecule has 180 valence electrons. The summed E-state index contributed by atoms with van der Waals surface area (Å²) in [5.74, 6) is -0.117. The van der Waals surface area contributed by atoms with Crippen LogP contribution in [0.1, 0.15) is 37.7 Å². The van der Waals surface area contributed by atoms with Gasteiger partial charge in [-0.25, -0.2) is 4.98 Å². The molecule has 0 bridgehead atoms. The number of rotatable bonds is 7. The Morgan fingerprint density at radius 1 is 1.06 bits per heavy atom. The quantitative estimate of drug-likeness (QED) is 0.461. The molecule has 3 aromatic rings. The molecule has 1 aliphatic rings. The molecule has 0 spiro atoms. The van der Waals surface area contributed by atoms with Gasteiger partial charge in [0, 0.05) is 31.6 Å². The standard InChI is InChI=1S/C25H26F3N3O2S/c1-18-5-7-19(8-6-18)14-30(15-20-3-2-4-21(13-20)25(26,27)28)16-23-29-22(17-34-23)24(32)31-9-11-33-12-10-31/h2-8,13,17H,9-12,14-16H2,1H3. The lowest BCUT2D eigenvalue weighted by Gasteiger charge is -2.26. The molecule has 0 N–H and O–H groups in total. The zero-order chi connectivity index (χ0) is 24.1. The second-order valence-electron chi connectivity index (χ2n) is 8.36. The number of carbonyl (C=O) groups is 1. The van der Waals surface area contributed by atoms with Gasteiger partial charge in [0.1, 0.15) is 10.7 Å². The highest BCUT2D eigenvalue weighted by Gasteiger charge is 2.30. The van der Waals surface area contributed by atoms with Crippen molar-refractivity contribution in [3.63, 3.8) is 0 Å². The van der Waals surface area contributed by atoms with Gasteiger partial charge in [-0.1, -0.05) is 48.0 Å². The van der Waals surface area contributed by atoms with Crippen molar-refractivity contribution in [2.75, 3.05) is 26.3 Å². The molecule has 0 unspecified atom stereocenters. The molecule has 2 aromatic carbocycles. The molecule has 1 fully saturated rings. The zero-order valence-electron chi connectivity index (χ0n) is 18.8. The van der Waals surface area contributed by atoms with E-state index >= 15 is 0 Å². The third-order valence-electron chi connectivity index (χ3n) is 5.62. The Hall–Kier alpha value is -2.75. The maximum atomic E-state index is 13.2. The Balaban J connectivity index is 1.52. The molecular weight excluding hydrogens is 463 g/mol. The van der Waals surface area contributed by atoms with Crippen molar-refractivity contribution >= 4 is 17.2 Å². The number of thiazole rings is 1. The van der Waals surface area contributed by atoms with E-state index in [0.717, 1.165) is 22.2 Å². The zero-order valence-corrected chi connectivity index (χ0v) is 19.7. The van der Waals surface area contributed by atoms with Crippen molar-refractivity contribution in [2.24, 2.45) is 0 Å². The monoisotopic (exact) mass is 489 g/mol. The normalized spacial score (nSPS) is 14.6. The Bertz CT molecular complexity index is 1110. The van der Waals surface area contributed by atoms with Crippen LogP contribution >= 0.6 is 11.3 Å². The van der Waals surface area contributed by atoms with E-state index in [2.05, 4.69) is 4.98 Å². The fourth-order valence-corrected chi connectivity index (χ4v) is 4.63. The third kappa shape index (κ3) is 6.43. The molecule has 1 amide bonds. The molecule has 1 aliphatic heterocycles. The highest BCUT2D eigenvalue weighted by atomic mass is 32.1. The van der Waals surface area contributed by atoms with Crippen LogP contribution < -0.4 is 0 Å². The number of ether oxygens (including phenoxy) is 1. The second kappa shape index (κ2) is 10.7. The molecule has 0 aliphatic carbocycles. The number of carbonyl (C=O) groups excluding carboxylic acids is 1. The van der Waals surface area contributed by atoms with Crippen LogP contribution in [0.5, 0.6) is 0 Å². The predicted octanol–water partition coefficient (Wildman–Crippen LogP) is 5.15. The number of hydrogen-bond acceptors (Lipinski definition) is 5. The van der Waals surface area contributed by atoms with Gasteiger partial charge in [0.25, 0.3) is 5.91 Å². The number of aromatic nitrogens is 1. The molecule has 1 aromatic heterocycles. The number of nitrogens with zero attached hydrogens (tertiary/aromatic N) is 3. The maximum Gasteiger partial charge on any atom is 0.416 e. The van der Waals surface area contributed by atoms with Crippen LogP contribution in [0.2, 0.25) is 0 Å². The van der Waals surface area contributed by atoms with E-state index in [1.165, 1.54) is 23.5 Å². The first-order valence-electron chi connectivity index (χ1n) is 11.0. The van der Waals surface area contributed by atoms with Crippen LogP contribution in [0.15, 0.2) is 53.9 Å². The summed E-state index contributed by atoms with van der Waals surface area (Å²) in [5, 5.41) is 2.50. The Kier molecular flexibility index (Phi) is 7.65. The molecule has 0 atom stereocenters. The minimum absolute atomic E-state index is 0.117. The number of hydrogen-bond donors (Lipinski definition) is 0. The second-order valence-corrected chi connectivity index (χ2v) is 9.30. The molecule has 34 heavy (non-hydrogen) atoms. The topological polar surface area (TPSA) is 45.7 Å². The minimum atomic E-state index is -4.39. The molecule has 1 saturated heterocycles. The Morgan fingerprint density at radius 2 is 1.76 bits per heavy atom. The van der Waals surface area contributed by atoms with Crippen LogP contribution in [0.3, 0.4) is 0 Å². The van der Waals surface area contributed by atoms with Crippen molar-refractivity contribution in [1.82, 2.24) is 14.8 Å². The smallest absolute Gasteiger partial charge is 0.378 e. The van der Waals surface area contributed by atoms with Crippen molar-refractivity contribution in [3.05, 3.63) is 86.9 Å². The van der Waals surface area contributed by atoms with E-state index in [9.17, 15) is 18.0 Å². The van der Waals surface area contributed by atoms with E-state index in [0.29, 0.717) is 57.2 Å². The van der Waals surface area contributed by atoms with Crippen LogP contribution in [0, 0.1) is 6.92 Å². The maximum absolute atomic E-state index is 13.2. The third-order valence-corrected chi connectivity index (χ3v) is 6.45. The SMILES string of the molecule is Cc1ccc(CN(Cc2cccc(C(F)(F)F)c2)Cc2nc(C(=O)N3CCOCC3)cs2)cc1. The number of benzene rings is 2. The molecule has 0 radical (unpaired) electrons. The number of halogens is 3. The van der Waals surface area contributed by atoms with Gasteiger partial charge in [-0.3, -0.25) is 9.69 Å². The Labute approximate surface area is 200 Å². The average molecular weight is 490 g/mol. The van der Waals surface area contributed by atoms with E-state index in [1.807, 2.05) is 36.1 Å².